The van der Waals surface area contributed by atoms with Crippen LogP contribution in [-0.2, 0) is 4.79 Å². The van der Waals surface area contributed by atoms with Crippen LogP contribution in [0.25, 0.3) is 0 Å². The van der Waals surface area contributed by atoms with Crippen LogP contribution in [0.3, 0.4) is 0 Å². The Morgan fingerprint density at radius 3 is 2.87 bits per heavy atom. The lowest BCUT2D eigenvalue weighted by Gasteiger charge is -2.44. The van der Waals surface area contributed by atoms with Crippen molar-refractivity contribution >= 4 is 34.9 Å². The molecular formula is C27H33ClFN7O2. The summed E-state index contributed by atoms with van der Waals surface area (Å²) >= 11 is 5.89. The number of nitrogens with one attached hydrogen (secondary N) is 2. The molecule has 2 aliphatic heterocycles. The van der Waals surface area contributed by atoms with Crippen molar-refractivity contribution in [3.8, 4) is 6.07 Å². The fourth-order valence-corrected chi connectivity index (χ4v) is 5.89. The van der Waals surface area contributed by atoms with Gasteiger partial charge in [-0.25, -0.2) is 14.4 Å². The van der Waals surface area contributed by atoms with Crippen LogP contribution in [0.4, 0.5) is 16.0 Å². The number of nitriles is 1. The van der Waals surface area contributed by atoms with Crippen molar-refractivity contribution in [3.63, 3.8) is 0 Å². The van der Waals surface area contributed by atoms with Crippen molar-refractivity contribution in [1.29, 1.82) is 10.7 Å². The average Bonchev–Trinajstić information content (AvgIpc) is 3.35. The standard InChI is InChI=1S/C27H33ClFN7O2/c1-16-15-35(11-9-23(16)36-10-3-4-19(36)6-8-25(37)38)24-14-32-26(22(31)13-30)27(34-24)33-17(2)20-7-5-18(28)12-21(20)29/h5,7,12,14,16-17,19,23,31H,3-4,6,8-11,15H2,1-2H3,(H,33,34)(H,37,38)/t16-,17?,19+,23+/m1/s1. The van der Waals surface area contributed by atoms with Gasteiger partial charge in [0.2, 0.25) is 0 Å². The first-order valence-electron chi connectivity index (χ1n) is 13.0. The summed E-state index contributed by atoms with van der Waals surface area (Å²) in [5, 5.41) is 29.9. The average molecular weight is 542 g/mol. The molecule has 0 amide bonds. The van der Waals surface area contributed by atoms with E-state index in [0.29, 0.717) is 40.8 Å². The van der Waals surface area contributed by atoms with E-state index in [1.165, 1.54) is 6.07 Å². The third-order valence-electron chi connectivity index (χ3n) is 7.61. The van der Waals surface area contributed by atoms with Crippen molar-refractivity contribution in [2.75, 3.05) is 29.9 Å². The van der Waals surface area contributed by atoms with E-state index in [-0.39, 0.29) is 23.6 Å². The SMILES string of the molecule is CC(Nc1nc(N2CC[C@H](N3CCC[C@H]3CCC(=O)O)[C@H](C)C2)cnc1C(=N)C#N)c1ccc(Cl)cc1F. The van der Waals surface area contributed by atoms with Gasteiger partial charge in [-0.2, -0.15) is 5.26 Å². The lowest BCUT2D eigenvalue weighted by atomic mass is 9.91. The Hall–Kier alpha value is -3.29. The highest BCUT2D eigenvalue weighted by atomic mass is 35.5. The molecule has 0 saturated carbocycles. The number of aliphatic carboxylic acids is 1. The highest BCUT2D eigenvalue weighted by Crippen LogP contribution is 2.33. The van der Waals surface area contributed by atoms with Crippen LogP contribution >= 0.6 is 11.6 Å². The molecule has 1 aromatic heterocycles. The van der Waals surface area contributed by atoms with E-state index in [2.05, 4.69) is 27.0 Å². The molecule has 3 heterocycles. The molecule has 1 aromatic carbocycles. The number of nitrogens with zero attached hydrogens (tertiary/aromatic N) is 5. The van der Waals surface area contributed by atoms with Crippen LogP contribution in [-0.4, -0.2) is 63.4 Å². The molecule has 2 aromatic rings. The number of rotatable bonds is 9. The Bertz CT molecular complexity index is 1240. The fourth-order valence-electron chi connectivity index (χ4n) is 5.73. The predicted octanol–water partition coefficient (Wildman–Crippen LogP) is 4.88. The van der Waals surface area contributed by atoms with E-state index in [0.717, 1.165) is 38.9 Å². The lowest BCUT2D eigenvalue weighted by Crippen LogP contribution is -2.52. The zero-order valence-corrected chi connectivity index (χ0v) is 22.4. The molecule has 2 aliphatic rings. The van der Waals surface area contributed by atoms with E-state index < -0.39 is 17.8 Å². The van der Waals surface area contributed by atoms with Gasteiger partial charge in [0.1, 0.15) is 23.4 Å². The van der Waals surface area contributed by atoms with Crippen molar-refractivity contribution in [2.45, 2.75) is 64.1 Å². The molecule has 0 aliphatic carbocycles. The van der Waals surface area contributed by atoms with Crippen molar-refractivity contribution in [2.24, 2.45) is 5.92 Å². The first-order valence-corrected chi connectivity index (χ1v) is 13.4. The Morgan fingerprint density at radius 1 is 1.39 bits per heavy atom. The lowest BCUT2D eigenvalue weighted by molar-refractivity contribution is -0.137. The van der Waals surface area contributed by atoms with Gasteiger partial charge in [-0.3, -0.25) is 15.1 Å². The number of piperidine rings is 1. The summed E-state index contributed by atoms with van der Waals surface area (Å²) in [5.74, 6) is -0.00725. The van der Waals surface area contributed by atoms with E-state index in [9.17, 15) is 14.4 Å². The summed E-state index contributed by atoms with van der Waals surface area (Å²) in [6, 6.07) is 6.43. The van der Waals surface area contributed by atoms with Crippen LogP contribution in [0.5, 0.6) is 0 Å². The number of anilines is 2. The molecule has 0 bridgehead atoms. The molecule has 38 heavy (non-hydrogen) atoms. The van der Waals surface area contributed by atoms with E-state index in [1.54, 1.807) is 25.3 Å². The number of benzene rings is 1. The van der Waals surface area contributed by atoms with Crippen LogP contribution in [0.1, 0.15) is 63.3 Å². The minimum absolute atomic E-state index is 0.110. The maximum Gasteiger partial charge on any atom is 0.303 e. The fraction of sp³-hybridized carbons (Fsp3) is 0.519. The zero-order valence-electron chi connectivity index (χ0n) is 21.6. The van der Waals surface area contributed by atoms with Crippen LogP contribution in [0.15, 0.2) is 24.4 Å². The second-order valence-corrected chi connectivity index (χ2v) is 10.6. The predicted molar refractivity (Wildman–Crippen MR) is 144 cm³/mol. The first kappa shape index (κ1) is 27.7. The minimum atomic E-state index is -0.747. The second kappa shape index (κ2) is 12.0. The molecule has 0 spiro atoms. The molecule has 2 fully saturated rings. The van der Waals surface area contributed by atoms with Crippen LogP contribution < -0.4 is 10.2 Å². The van der Waals surface area contributed by atoms with Crippen LogP contribution in [0, 0.1) is 28.5 Å². The largest absolute Gasteiger partial charge is 0.481 e. The summed E-state index contributed by atoms with van der Waals surface area (Å²) < 4.78 is 14.5. The summed E-state index contributed by atoms with van der Waals surface area (Å²) in [5.41, 5.74) is 0.163. The van der Waals surface area contributed by atoms with Gasteiger partial charge < -0.3 is 15.3 Å². The Morgan fingerprint density at radius 2 is 2.18 bits per heavy atom. The number of carboxylic acids is 1. The van der Waals surface area contributed by atoms with Gasteiger partial charge in [-0.1, -0.05) is 24.6 Å². The van der Waals surface area contributed by atoms with Gasteiger partial charge in [0.25, 0.3) is 0 Å². The number of hydrogen-bond donors (Lipinski definition) is 3. The van der Waals surface area contributed by atoms with Crippen LogP contribution in [0.2, 0.25) is 5.02 Å². The molecule has 202 valence electrons. The smallest absolute Gasteiger partial charge is 0.303 e. The molecule has 3 N–H and O–H groups in total. The third-order valence-corrected chi connectivity index (χ3v) is 7.85. The quantitative estimate of drug-likeness (QED) is 0.383. The zero-order chi connectivity index (χ0) is 27.4. The molecular weight excluding hydrogens is 509 g/mol. The topological polar surface area (TPSA) is 129 Å². The molecule has 2 saturated heterocycles. The number of carbonyl (C=O) groups is 1. The molecule has 4 rings (SSSR count). The molecule has 1 unspecified atom stereocenters. The van der Waals surface area contributed by atoms with Gasteiger partial charge in [0, 0.05) is 42.2 Å². The number of halogens is 2. The summed E-state index contributed by atoms with van der Waals surface area (Å²) in [7, 11) is 0. The highest BCUT2D eigenvalue weighted by molar-refractivity contribution is 6.30. The van der Waals surface area contributed by atoms with E-state index in [4.69, 9.17) is 27.1 Å². The van der Waals surface area contributed by atoms with Crippen molar-refractivity contribution in [1.82, 2.24) is 14.9 Å². The third kappa shape index (κ3) is 6.22. The number of hydrogen-bond acceptors (Lipinski definition) is 8. The number of carboxylic acid groups (broad SMARTS) is 1. The van der Waals surface area contributed by atoms with Gasteiger partial charge >= 0.3 is 5.97 Å². The second-order valence-electron chi connectivity index (χ2n) is 10.2. The Balaban J connectivity index is 1.51. The maximum atomic E-state index is 14.5. The monoisotopic (exact) mass is 541 g/mol. The van der Waals surface area contributed by atoms with Gasteiger partial charge in [-0.05, 0) is 57.2 Å². The van der Waals surface area contributed by atoms with E-state index >= 15 is 0 Å². The minimum Gasteiger partial charge on any atom is -0.481 e. The molecule has 0 radical (unpaired) electrons. The summed E-state index contributed by atoms with van der Waals surface area (Å²) in [6.45, 7) is 6.47. The summed E-state index contributed by atoms with van der Waals surface area (Å²) in [6.07, 6.45) is 5.51. The normalized spacial score (nSPS) is 22.6. The van der Waals surface area contributed by atoms with Crippen molar-refractivity contribution in [3.05, 3.63) is 46.5 Å². The maximum absolute atomic E-state index is 14.5. The Kier molecular flexibility index (Phi) is 8.80. The molecule has 11 heteroatoms. The number of likely N-dealkylation sites (tertiary alicyclic amines) is 1. The molecule has 9 nitrogen and oxygen atoms in total. The van der Waals surface area contributed by atoms with Gasteiger partial charge in [0.05, 0.1) is 12.2 Å². The first-order chi connectivity index (χ1) is 18.2. The van der Waals surface area contributed by atoms with Gasteiger partial charge in [-0.15, -0.1) is 0 Å². The van der Waals surface area contributed by atoms with E-state index in [1.807, 2.05) is 6.07 Å². The Labute approximate surface area is 227 Å². The van der Waals surface area contributed by atoms with Gasteiger partial charge in [0.15, 0.2) is 11.5 Å². The highest BCUT2D eigenvalue weighted by Gasteiger charge is 2.37. The molecule has 4 atom stereocenters. The number of aromatic nitrogens is 2. The van der Waals surface area contributed by atoms with Crippen molar-refractivity contribution < 1.29 is 14.3 Å². The summed E-state index contributed by atoms with van der Waals surface area (Å²) in [4.78, 5) is 24.9.